The molecule has 1 N–H and O–H groups in total. The Balaban J connectivity index is 1.24. The van der Waals surface area contributed by atoms with E-state index in [-0.39, 0.29) is 23.3 Å². The highest BCUT2D eigenvalue weighted by Crippen LogP contribution is 2.55. The summed E-state index contributed by atoms with van der Waals surface area (Å²) in [5, 5.41) is 3.07. The number of carbonyl (C=O) groups is 2. The van der Waals surface area contributed by atoms with Crippen LogP contribution in [0.15, 0.2) is 61.4 Å². The lowest BCUT2D eigenvalue weighted by Crippen LogP contribution is -2.42. The molecule has 6 rings (SSSR count). The second-order valence-corrected chi connectivity index (χ2v) is 10.8. The zero-order valence-corrected chi connectivity index (χ0v) is 20.8. The molecular formula is C27H26N6O2S. The van der Waals surface area contributed by atoms with E-state index in [1.807, 2.05) is 48.2 Å². The minimum Gasteiger partial charge on any atom is -0.339 e. The highest BCUT2D eigenvalue weighted by Gasteiger charge is 2.50. The second-order valence-electron chi connectivity index (χ2n) is 9.71. The molecule has 3 aromatic heterocycles. The number of aromatic nitrogens is 4. The van der Waals surface area contributed by atoms with Gasteiger partial charge in [-0.2, -0.15) is 0 Å². The summed E-state index contributed by atoms with van der Waals surface area (Å²) in [5.41, 5.74) is 2.88. The zero-order chi connectivity index (χ0) is 24.9. The minimum absolute atomic E-state index is 0.00359. The topological polar surface area (TPSA) is 93.0 Å². The van der Waals surface area contributed by atoms with Gasteiger partial charge in [-0.05, 0) is 61.9 Å². The molecule has 1 spiro atoms. The molecule has 4 aromatic rings. The molecule has 0 unspecified atom stereocenters. The van der Waals surface area contributed by atoms with E-state index in [9.17, 15) is 9.59 Å². The van der Waals surface area contributed by atoms with Crippen LogP contribution in [0.2, 0.25) is 0 Å². The number of aryl methyl sites for hydroxylation is 1. The largest absolute Gasteiger partial charge is 0.339 e. The number of likely N-dealkylation sites (tertiary alicyclic amines) is 1. The summed E-state index contributed by atoms with van der Waals surface area (Å²) < 4.78 is 2.17. The standard InChI is InChI=1S/C27H26N6O2S/c1-3-24(34)32-11-10-27(16-32)12-19(13-27)33-21-7-5-4-6-20(21)30-26(33)31-25(35)23-9-8-22(36-23)18-14-28-17(2)29-15-18/h3-9,14-15,19H,1,10-13,16H2,2H3,(H,30,31,35). The lowest BCUT2D eigenvalue weighted by atomic mass is 9.65. The van der Waals surface area contributed by atoms with E-state index < -0.39 is 0 Å². The van der Waals surface area contributed by atoms with Gasteiger partial charge in [0.05, 0.1) is 15.9 Å². The van der Waals surface area contributed by atoms with E-state index in [0.717, 1.165) is 53.8 Å². The van der Waals surface area contributed by atoms with Gasteiger partial charge < -0.3 is 9.47 Å². The number of hydrogen-bond donors (Lipinski definition) is 1. The normalized spacial score (nSPS) is 21.0. The number of thiophene rings is 1. The van der Waals surface area contributed by atoms with Gasteiger partial charge in [-0.1, -0.05) is 18.7 Å². The molecule has 0 bridgehead atoms. The molecule has 1 aromatic carbocycles. The van der Waals surface area contributed by atoms with Crippen molar-refractivity contribution >= 4 is 40.1 Å². The van der Waals surface area contributed by atoms with Gasteiger partial charge >= 0.3 is 0 Å². The van der Waals surface area contributed by atoms with Crippen LogP contribution in [0.25, 0.3) is 21.5 Å². The Morgan fingerprint density at radius 2 is 1.94 bits per heavy atom. The molecule has 4 heterocycles. The number of carbonyl (C=O) groups excluding carboxylic acids is 2. The molecule has 182 valence electrons. The van der Waals surface area contributed by atoms with Gasteiger partial charge in [0, 0.05) is 42.0 Å². The van der Waals surface area contributed by atoms with E-state index in [1.54, 1.807) is 12.4 Å². The van der Waals surface area contributed by atoms with Crippen molar-refractivity contribution in [1.29, 1.82) is 0 Å². The van der Waals surface area contributed by atoms with E-state index in [1.165, 1.54) is 17.4 Å². The van der Waals surface area contributed by atoms with Gasteiger partial charge in [-0.15, -0.1) is 11.3 Å². The van der Waals surface area contributed by atoms with Crippen molar-refractivity contribution in [3.63, 3.8) is 0 Å². The van der Waals surface area contributed by atoms with Crippen molar-refractivity contribution in [3.05, 3.63) is 72.1 Å². The summed E-state index contributed by atoms with van der Waals surface area (Å²) in [7, 11) is 0. The number of hydrogen-bond acceptors (Lipinski definition) is 6. The van der Waals surface area contributed by atoms with Crippen molar-refractivity contribution in [2.45, 2.75) is 32.2 Å². The number of imidazole rings is 1. The Hall–Kier alpha value is -3.85. The number of nitrogens with one attached hydrogen (secondary N) is 1. The van der Waals surface area contributed by atoms with Crippen LogP contribution in [0.5, 0.6) is 0 Å². The van der Waals surface area contributed by atoms with E-state index in [2.05, 4.69) is 26.4 Å². The first-order valence-corrected chi connectivity index (χ1v) is 12.8. The fraction of sp³-hybridized carbons (Fsp3) is 0.296. The van der Waals surface area contributed by atoms with Gasteiger partial charge in [-0.3, -0.25) is 14.9 Å². The van der Waals surface area contributed by atoms with Gasteiger partial charge in [-0.25, -0.2) is 15.0 Å². The molecule has 1 saturated carbocycles. The first-order chi connectivity index (χ1) is 17.4. The zero-order valence-electron chi connectivity index (χ0n) is 20.0. The molecule has 0 atom stereocenters. The molecule has 2 fully saturated rings. The molecular weight excluding hydrogens is 472 g/mol. The van der Waals surface area contributed by atoms with Crippen molar-refractivity contribution in [2.75, 3.05) is 18.4 Å². The van der Waals surface area contributed by atoms with Gasteiger partial charge in [0.2, 0.25) is 11.9 Å². The summed E-state index contributed by atoms with van der Waals surface area (Å²) >= 11 is 1.41. The number of rotatable bonds is 5. The van der Waals surface area contributed by atoms with Crippen LogP contribution >= 0.6 is 11.3 Å². The van der Waals surface area contributed by atoms with E-state index in [4.69, 9.17) is 4.98 Å². The first kappa shape index (κ1) is 22.6. The fourth-order valence-corrected chi connectivity index (χ4v) is 6.38. The number of fused-ring (bicyclic) bond motifs is 1. The number of amides is 2. The third-order valence-corrected chi connectivity index (χ3v) is 8.48. The Labute approximate surface area is 212 Å². The highest BCUT2D eigenvalue weighted by atomic mass is 32.1. The number of para-hydroxylation sites is 2. The van der Waals surface area contributed by atoms with E-state index >= 15 is 0 Å². The lowest BCUT2D eigenvalue weighted by molar-refractivity contribution is -0.125. The average molecular weight is 499 g/mol. The second kappa shape index (κ2) is 8.67. The van der Waals surface area contributed by atoms with Crippen LogP contribution in [-0.2, 0) is 4.79 Å². The Bertz CT molecular complexity index is 1480. The Morgan fingerprint density at radius 1 is 1.17 bits per heavy atom. The van der Waals surface area contributed by atoms with Crippen LogP contribution < -0.4 is 5.32 Å². The van der Waals surface area contributed by atoms with Gasteiger partial charge in [0.15, 0.2) is 0 Å². The SMILES string of the molecule is C=CC(=O)N1CCC2(CC(n3c(NC(=O)c4ccc(-c5cnc(C)nc5)s4)nc4ccccc43)C2)C1. The molecule has 1 saturated heterocycles. The van der Waals surface area contributed by atoms with E-state index in [0.29, 0.717) is 16.6 Å². The fourth-order valence-electron chi connectivity index (χ4n) is 5.51. The van der Waals surface area contributed by atoms with Crippen LogP contribution in [-0.4, -0.2) is 49.3 Å². The van der Waals surface area contributed by atoms with Crippen LogP contribution in [0.1, 0.15) is 40.8 Å². The van der Waals surface area contributed by atoms with Gasteiger partial charge in [0.1, 0.15) is 5.82 Å². The third-order valence-electron chi connectivity index (χ3n) is 7.34. The highest BCUT2D eigenvalue weighted by molar-refractivity contribution is 7.17. The first-order valence-electron chi connectivity index (χ1n) is 12.0. The predicted molar refractivity (Wildman–Crippen MR) is 140 cm³/mol. The maximum atomic E-state index is 13.2. The molecule has 0 radical (unpaired) electrons. The van der Waals surface area contributed by atoms with Crippen LogP contribution in [0.3, 0.4) is 0 Å². The van der Waals surface area contributed by atoms with Crippen molar-refractivity contribution in [1.82, 2.24) is 24.4 Å². The predicted octanol–water partition coefficient (Wildman–Crippen LogP) is 4.86. The summed E-state index contributed by atoms with van der Waals surface area (Å²) in [5.74, 6) is 1.09. The van der Waals surface area contributed by atoms with Crippen molar-refractivity contribution < 1.29 is 9.59 Å². The van der Waals surface area contributed by atoms with Crippen molar-refractivity contribution in [3.8, 4) is 10.4 Å². The molecule has 1 aliphatic heterocycles. The van der Waals surface area contributed by atoms with Gasteiger partial charge in [0.25, 0.3) is 5.91 Å². The molecule has 36 heavy (non-hydrogen) atoms. The Morgan fingerprint density at radius 3 is 2.72 bits per heavy atom. The Kier molecular flexibility index (Phi) is 5.44. The molecule has 9 heteroatoms. The van der Waals surface area contributed by atoms with Crippen LogP contribution in [0.4, 0.5) is 5.95 Å². The molecule has 2 amide bonds. The number of benzene rings is 1. The minimum atomic E-state index is -0.187. The number of anilines is 1. The summed E-state index contributed by atoms with van der Waals surface area (Å²) in [6, 6.07) is 11.9. The monoisotopic (exact) mass is 498 g/mol. The van der Waals surface area contributed by atoms with Crippen LogP contribution in [0, 0.1) is 12.3 Å². The average Bonchev–Trinajstić information content (AvgIpc) is 3.60. The maximum Gasteiger partial charge on any atom is 0.268 e. The molecule has 1 aliphatic carbocycles. The summed E-state index contributed by atoms with van der Waals surface area (Å²) in [6.45, 7) is 7.01. The number of nitrogens with zero attached hydrogens (tertiary/aromatic N) is 5. The van der Waals surface area contributed by atoms with Crippen molar-refractivity contribution in [2.24, 2.45) is 5.41 Å². The lowest BCUT2D eigenvalue weighted by Gasteiger charge is -2.46. The summed E-state index contributed by atoms with van der Waals surface area (Å²) in [4.78, 5) is 42.0. The third kappa shape index (κ3) is 3.89. The molecule has 2 aliphatic rings. The maximum absolute atomic E-state index is 13.2. The smallest absolute Gasteiger partial charge is 0.268 e. The quantitative estimate of drug-likeness (QED) is 0.397. The summed E-state index contributed by atoms with van der Waals surface area (Å²) in [6.07, 6.45) is 7.84. The molecule has 8 nitrogen and oxygen atoms in total.